The van der Waals surface area contributed by atoms with E-state index in [0.717, 1.165) is 36.8 Å². The van der Waals surface area contributed by atoms with Crippen LogP contribution in [0.15, 0.2) is 23.2 Å². The van der Waals surface area contributed by atoms with E-state index in [9.17, 15) is 8.42 Å². The van der Waals surface area contributed by atoms with Crippen molar-refractivity contribution in [3.63, 3.8) is 0 Å². The number of hydrogen-bond acceptors (Lipinski definition) is 4. The molecular formula is C19H35IN4O3S. The Morgan fingerprint density at radius 2 is 1.96 bits per heavy atom. The van der Waals surface area contributed by atoms with E-state index >= 15 is 0 Å². The zero-order chi connectivity index (χ0) is 20.3. The number of ether oxygens (including phenoxy) is 1. The van der Waals surface area contributed by atoms with E-state index in [1.54, 1.807) is 21.1 Å². The minimum absolute atomic E-state index is 0. The van der Waals surface area contributed by atoms with Gasteiger partial charge < -0.3 is 15.4 Å². The first kappa shape index (κ1) is 26.9. The molecule has 0 saturated heterocycles. The fraction of sp³-hybridized carbons (Fsp3) is 0.632. The van der Waals surface area contributed by atoms with Crippen LogP contribution in [0.3, 0.4) is 0 Å². The maximum atomic E-state index is 11.7. The summed E-state index contributed by atoms with van der Waals surface area (Å²) in [4.78, 5) is 4.52. The van der Waals surface area contributed by atoms with Gasteiger partial charge in [-0.3, -0.25) is 4.99 Å². The molecule has 0 spiro atoms. The van der Waals surface area contributed by atoms with Gasteiger partial charge in [-0.05, 0) is 50.8 Å². The lowest BCUT2D eigenvalue weighted by atomic mass is 10.1. The Morgan fingerprint density at radius 1 is 1.25 bits per heavy atom. The highest BCUT2D eigenvalue weighted by Crippen LogP contribution is 2.18. The van der Waals surface area contributed by atoms with Crippen LogP contribution >= 0.6 is 24.0 Å². The van der Waals surface area contributed by atoms with Crippen LogP contribution < -0.4 is 15.4 Å². The Hall–Kier alpha value is -1.07. The molecule has 0 aliphatic carbocycles. The first-order chi connectivity index (χ1) is 12.8. The lowest BCUT2D eigenvalue weighted by Crippen LogP contribution is -2.38. The van der Waals surface area contributed by atoms with Crippen molar-refractivity contribution in [2.75, 3.05) is 46.1 Å². The maximum Gasteiger partial charge on any atom is 0.213 e. The molecule has 0 saturated carbocycles. The standard InChI is InChI=1S/C19H34N4O3S.HI/c1-6-20-19(21-12-8-14-23(4)27(24,25)7-2)22-13-11-17-10-9-16(3)18(15-17)26-5;/h9-10,15H,6-8,11-14H2,1-5H3,(H2,20,21,22);1H. The molecular weight excluding hydrogens is 491 g/mol. The molecule has 0 amide bonds. The molecule has 0 unspecified atom stereocenters. The number of rotatable bonds is 11. The number of benzene rings is 1. The lowest BCUT2D eigenvalue weighted by molar-refractivity contribution is 0.411. The Morgan fingerprint density at radius 3 is 2.57 bits per heavy atom. The summed E-state index contributed by atoms with van der Waals surface area (Å²) in [5.74, 6) is 1.78. The number of guanidine groups is 1. The summed E-state index contributed by atoms with van der Waals surface area (Å²) in [7, 11) is 0.177. The fourth-order valence-electron chi connectivity index (χ4n) is 2.53. The third kappa shape index (κ3) is 9.42. The molecule has 7 nitrogen and oxygen atoms in total. The fourth-order valence-corrected chi connectivity index (χ4v) is 3.38. The SMILES string of the molecule is CCNC(=NCCCN(C)S(=O)(=O)CC)NCCc1ccc(C)c(OC)c1.I. The molecule has 0 aromatic heterocycles. The van der Waals surface area contributed by atoms with E-state index in [1.165, 1.54) is 9.87 Å². The number of hydrogen-bond donors (Lipinski definition) is 2. The van der Waals surface area contributed by atoms with Gasteiger partial charge in [0.15, 0.2) is 5.96 Å². The molecule has 9 heteroatoms. The van der Waals surface area contributed by atoms with Crippen LogP contribution in [0.25, 0.3) is 0 Å². The second-order valence-electron chi connectivity index (χ2n) is 6.32. The van der Waals surface area contributed by atoms with Crippen LogP contribution in [-0.2, 0) is 16.4 Å². The van der Waals surface area contributed by atoms with Crippen LogP contribution in [0.1, 0.15) is 31.4 Å². The highest BCUT2D eigenvalue weighted by atomic mass is 127. The van der Waals surface area contributed by atoms with Gasteiger partial charge in [0.05, 0.1) is 12.9 Å². The monoisotopic (exact) mass is 526 g/mol. The number of methoxy groups -OCH3 is 1. The number of nitrogens with zero attached hydrogens (tertiary/aromatic N) is 2. The van der Waals surface area contributed by atoms with E-state index in [1.807, 2.05) is 13.8 Å². The molecule has 2 N–H and O–H groups in total. The van der Waals surface area contributed by atoms with Gasteiger partial charge in [0.2, 0.25) is 10.0 Å². The molecule has 0 bridgehead atoms. The van der Waals surface area contributed by atoms with Crippen LogP contribution in [0.4, 0.5) is 0 Å². The second kappa shape index (κ2) is 14.0. The van der Waals surface area contributed by atoms with E-state index in [4.69, 9.17) is 4.74 Å². The van der Waals surface area contributed by atoms with E-state index < -0.39 is 10.0 Å². The van der Waals surface area contributed by atoms with Crippen molar-refractivity contribution in [1.29, 1.82) is 0 Å². The predicted octanol–water partition coefficient (Wildman–Crippen LogP) is 2.39. The van der Waals surface area contributed by atoms with Crippen molar-refractivity contribution in [2.45, 2.75) is 33.6 Å². The Labute approximate surface area is 187 Å². The minimum Gasteiger partial charge on any atom is -0.496 e. The minimum atomic E-state index is -3.12. The van der Waals surface area contributed by atoms with Crippen molar-refractivity contribution in [3.8, 4) is 5.75 Å². The number of aliphatic imine (C=N–C) groups is 1. The molecule has 0 aliphatic rings. The third-order valence-electron chi connectivity index (χ3n) is 4.26. The number of aryl methyl sites for hydroxylation is 1. The van der Waals surface area contributed by atoms with Gasteiger partial charge in [-0.25, -0.2) is 12.7 Å². The molecule has 1 aromatic rings. The van der Waals surface area contributed by atoms with E-state index in [0.29, 0.717) is 19.5 Å². The van der Waals surface area contributed by atoms with Crippen molar-refractivity contribution in [3.05, 3.63) is 29.3 Å². The van der Waals surface area contributed by atoms with E-state index in [2.05, 4.69) is 33.8 Å². The lowest BCUT2D eigenvalue weighted by Gasteiger charge is -2.15. The highest BCUT2D eigenvalue weighted by molar-refractivity contribution is 14.0. The average molecular weight is 526 g/mol. The van der Waals surface area contributed by atoms with Gasteiger partial charge in [-0.2, -0.15) is 0 Å². The predicted molar refractivity (Wildman–Crippen MR) is 128 cm³/mol. The summed E-state index contributed by atoms with van der Waals surface area (Å²) in [5, 5.41) is 6.53. The summed E-state index contributed by atoms with van der Waals surface area (Å²) in [6.07, 6.45) is 1.54. The summed E-state index contributed by atoms with van der Waals surface area (Å²) < 4.78 is 30.2. The van der Waals surface area contributed by atoms with Crippen molar-refractivity contribution >= 4 is 40.0 Å². The highest BCUT2D eigenvalue weighted by Gasteiger charge is 2.13. The Balaban J connectivity index is 0.00000729. The average Bonchev–Trinajstić information content (AvgIpc) is 2.66. The van der Waals surface area contributed by atoms with Crippen molar-refractivity contribution in [1.82, 2.24) is 14.9 Å². The Kier molecular flexibility index (Phi) is 13.5. The molecule has 28 heavy (non-hydrogen) atoms. The zero-order valence-corrected chi connectivity index (χ0v) is 20.8. The summed E-state index contributed by atoms with van der Waals surface area (Å²) in [6, 6.07) is 6.23. The molecule has 0 radical (unpaired) electrons. The number of sulfonamides is 1. The van der Waals surface area contributed by atoms with Crippen LogP contribution in [0.2, 0.25) is 0 Å². The first-order valence-corrected chi connectivity index (χ1v) is 11.0. The molecule has 162 valence electrons. The molecule has 0 atom stereocenters. The molecule has 0 fully saturated rings. The second-order valence-corrected chi connectivity index (χ2v) is 8.68. The Bertz CT molecular complexity index is 711. The summed E-state index contributed by atoms with van der Waals surface area (Å²) >= 11 is 0. The first-order valence-electron chi connectivity index (χ1n) is 9.43. The maximum absolute atomic E-state index is 11.7. The molecule has 1 rings (SSSR count). The smallest absolute Gasteiger partial charge is 0.213 e. The normalized spacial score (nSPS) is 11.9. The number of halogens is 1. The van der Waals surface area contributed by atoms with Gasteiger partial charge >= 0.3 is 0 Å². The summed E-state index contributed by atoms with van der Waals surface area (Å²) in [6.45, 7) is 8.26. The third-order valence-corrected chi connectivity index (χ3v) is 6.13. The van der Waals surface area contributed by atoms with Crippen LogP contribution in [-0.4, -0.2) is 64.8 Å². The van der Waals surface area contributed by atoms with E-state index in [-0.39, 0.29) is 29.7 Å². The van der Waals surface area contributed by atoms with Gasteiger partial charge in [0.1, 0.15) is 5.75 Å². The quantitative estimate of drug-likeness (QED) is 0.200. The van der Waals surface area contributed by atoms with Gasteiger partial charge in [0.25, 0.3) is 0 Å². The van der Waals surface area contributed by atoms with Gasteiger partial charge in [-0.1, -0.05) is 12.1 Å². The topological polar surface area (TPSA) is 83.0 Å². The molecule has 0 aliphatic heterocycles. The largest absolute Gasteiger partial charge is 0.496 e. The van der Waals surface area contributed by atoms with Gasteiger partial charge in [-0.15, -0.1) is 24.0 Å². The van der Waals surface area contributed by atoms with Crippen LogP contribution in [0, 0.1) is 6.92 Å². The van der Waals surface area contributed by atoms with Crippen LogP contribution in [0.5, 0.6) is 5.75 Å². The molecule has 0 heterocycles. The zero-order valence-electron chi connectivity index (χ0n) is 17.6. The number of nitrogens with one attached hydrogen (secondary N) is 2. The van der Waals surface area contributed by atoms with Gasteiger partial charge in [0, 0.05) is 33.2 Å². The molecule has 1 aromatic carbocycles. The van der Waals surface area contributed by atoms with Crippen molar-refractivity contribution < 1.29 is 13.2 Å². The summed E-state index contributed by atoms with van der Waals surface area (Å²) in [5.41, 5.74) is 2.33. The van der Waals surface area contributed by atoms with Crippen molar-refractivity contribution in [2.24, 2.45) is 4.99 Å².